The van der Waals surface area contributed by atoms with Crippen LogP contribution in [-0.4, -0.2) is 70.0 Å². The summed E-state index contributed by atoms with van der Waals surface area (Å²) in [7, 11) is 1.25. The summed E-state index contributed by atoms with van der Waals surface area (Å²) in [5.74, 6) is -3.53. The molecule has 1 unspecified atom stereocenters. The Bertz CT molecular complexity index is 1500. The first-order valence-corrected chi connectivity index (χ1v) is 16.0. The van der Waals surface area contributed by atoms with Crippen molar-refractivity contribution in [2.45, 2.75) is 84.4 Å². The average Bonchev–Trinajstić information content (AvgIpc) is 3.52. The van der Waals surface area contributed by atoms with Crippen molar-refractivity contribution in [2.75, 3.05) is 7.11 Å². The van der Waals surface area contributed by atoms with E-state index in [4.69, 9.17) is 4.74 Å². The maximum Gasteiger partial charge on any atom is 0.306 e. The first kappa shape index (κ1) is 36.9. The van der Waals surface area contributed by atoms with Crippen molar-refractivity contribution in [1.29, 1.82) is 0 Å². The number of esters is 1. The minimum atomic E-state index is -1.30. The van der Waals surface area contributed by atoms with E-state index in [9.17, 15) is 29.1 Å². The number of carbonyl (C=O) groups excluding carboxylic acids is 5. The number of carbonyl (C=O) groups is 5. The minimum absolute atomic E-state index is 0.0228. The summed E-state index contributed by atoms with van der Waals surface area (Å²) < 4.78 is 4.89. The van der Waals surface area contributed by atoms with E-state index in [0.29, 0.717) is 12.1 Å². The van der Waals surface area contributed by atoms with Gasteiger partial charge in [-0.3, -0.25) is 29.3 Å². The summed E-state index contributed by atoms with van der Waals surface area (Å²) in [5, 5.41) is 20.9. The molecule has 12 heteroatoms. The molecule has 0 aliphatic rings. The van der Waals surface area contributed by atoms with Gasteiger partial charge in [0.2, 0.25) is 23.6 Å². The van der Waals surface area contributed by atoms with Crippen LogP contribution in [0.25, 0.3) is 10.8 Å². The van der Waals surface area contributed by atoms with E-state index in [1.807, 2.05) is 70.2 Å². The second-order valence-corrected chi connectivity index (χ2v) is 12.7. The number of aromatic nitrogens is 2. The molecule has 254 valence electrons. The van der Waals surface area contributed by atoms with Gasteiger partial charge >= 0.3 is 5.97 Å². The monoisotopic (exact) mass is 649 g/mol. The van der Waals surface area contributed by atoms with Crippen LogP contribution in [0.4, 0.5) is 0 Å². The van der Waals surface area contributed by atoms with Crippen LogP contribution in [0.15, 0.2) is 55.0 Å². The van der Waals surface area contributed by atoms with E-state index in [1.54, 1.807) is 6.20 Å². The predicted octanol–water partition coefficient (Wildman–Crippen LogP) is 2.98. The van der Waals surface area contributed by atoms with Crippen LogP contribution in [0.3, 0.4) is 0 Å². The van der Waals surface area contributed by atoms with Crippen molar-refractivity contribution in [3.63, 3.8) is 0 Å². The molecule has 3 rings (SSSR count). The highest BCUT2D eigenvalue weighted by atomic mass is 16.5. The largest absolute Gasteiger partial charge is 0.469 e. The molecule has 0 saturated heterocycles. The number of ether oxygens (including phenoxy) is 1. The molecule has 2 aromatic carbocycles. The van der Waals surface area contributed by atoms with E-state index in [0.717, 1.165) is 16.3 Å². The second kappa shape index (κ2) is 17.9. The van der Waals surface area contributed by atoms with Gasteiger partial charge in [0.25, 0.3) is 0 Å². The SMILES string of the molecule is COC(=O)CC(Cc1cccc2ccccc12)C(=O)N[C@@H](Cc1c[nH]cn1)C(=O)N[C@@H](CC(C)C)[C@@H](O)CC(=O)NC(=O)CC(C)C. The molecule has 0 radical (unpaired) electrons. The molecule has 1 aromatic heterocycles. The molecule has 0 aliphatic carbocycles. The maximum atomic E-state index is 13.8. The van der Waals surface area contributed by atoms with Crippen molar-refractivity contribution >= 4 is 40.4 Å². The summed E-state index contributed by atoms with van der Waals surface area (Å²) in [6, 6.07) is 11.5. The zero-order valence-corrected chi connectivity index (χ0v) is 27.7. The van der Waals surface area contributed by atoms with E-state index < -0.39 is 60.1 Å². The van der Waals surface area contributed by atoms with Crippen LogP contribution in [0.5, 0.6) is 0 Å². The lowest BCUT2D eigenvalue weighted by atomic mass is 9.91. The lowest BCUT2D eigenvalue weighted by Crippen LogP contribution is -2.55. The highest BCUT2D eigenvalue weighted by Crippen LogP contribution is 2.23. The van der Waals surface area contributed by atoms with Gasteiger partial charge < -0.3 is 25.5 Å². The molecular weight excluding hydrogens is 602 g/mol. The van der Waals surface area contributed by atoms with E-state index in [2.05, 4.69) is 25.9 Å². The van der Waals surface area contributed by atoms with Crippen molar-refractivity contribution < 1.29 is 33.8 Å². The Balaban J connectivity index is 1.82. The molecule has 3 aromatic rings. The Morgan fingerprint density at radius 3 is 2.21 bits per heavy atom. The fourth-order valence-electron chi connectivity index (χ4n) is 5.45. The van der Waals surface area contributed by atoms with Gasteiger partial charge in [-0.1, -0.05) is 70.2 Å². The number of nitrogens with one attached hydrogen (secondary N) is 4. The molecule has 1 heterocycles. The standard InChI is InChI=1S/C35H47N5O7/c1-21(2)13-28(30(41)18-32(43)40-31(42)14-22(3)4)38-35(46)29(17-26-19-36-20-37-26)39-34(45)25(16-33(44)47-5)15-24-11-8-10-23-9-6-7-12-27(23)24/h6-12,19-22,25,28-30,41H,13-18H2,1-5H3,(H,36,37)(H,38,46)(H,39,45)(H,40,42,43)/t25?,28-,29-,30-/m0/s1. The second-order valence-electron chi connectivity index (χ2n) is 12.7. The molecule has 0 aliphatic heterocycles. The van der Waals surface area contributed by atoms with Gasteiger partial charge in [0.15, 0.2) is 0 Å². The van der Waals surface area contributed by atoms with Gasteiger partial charge in [-0.2, -0.15) is 0 Å². The van der Waals surface area contributed by atoms with Gasteiger partial charge in [0.1, 0.15) is 6.04 Å². The van der Waals surface area contributed by atoms with Crippen molar-refractivity contribution in [1.82, 2.24) is 25.9 Å². The third-order valence-electron chi connectivity index (χ3n) is 7.74. The number of rotatable bonds is 17. The number of nitrogens with zero attached hydrogens (tertiary/aromatic N) is 1. The number of imide groups is 1. The van der Waals surface area contributed by atoms with Gasteiger partial charge in [-0.25, -0.2) is 4.98 Å². The van der Waals surface area contributed by atoms with Crippen LogP contribution in [0.2, 0.25) is 0 Å². The van der Waals surface area contributed by atoms with E-state index >= 15 is 0 Å². The number of H-pyrrole nitrogens is 1. The minimum Gasteiger partial charge on any atom is -0.469 e. The van der Waals surface area contributed by atoms with Crippen LogP contribution >= 0.6 is 0 Å². The zero-order chi connectivity index (χ0) is 34.5. The third kappa shape index (κ3) is 11.9. The van der Waals surface area contributed by atoms with E-state index in [-0.39, 0.29) is 37.5 Å². The van der Waals surface area contributed by atoms with Gasteiger partial charge in [0, 0.05) is 19.0 Å². The summed E-state index contributed by atoms with van der Waals surface area (Å²) in [4.78, 5) is 71.7. The number of fused-ring (bicyclic) bond motifs is 1. The molecule has 47 heavy (non-hydrogen) atoms. The molecular formula is C35H47N5O7. The molecule has 0 spiro atoms. The fourth-order valence-corrected chi connectivity index (χ4v) is 5.45. The number of hydrogen-bond donors (Lipinski definition) is 5. The van der Waals surface area contributed by atoms with Gasteiger partial charge in [-0.05, 0) is 41.0 Å². The van der Waals surface area contributed by atoms with Crippen LogP contribution in [0.1, 0.15) is 64.6 Å². The first-order valence-electron chi connectivity index (χ1n) is 16.0. The van der Waals surface area contributed by atoms with Gasteiger partial charge in [-0.15, -0.1) is 0 Å². The highest BCUT2D eigenvalue weighted by molar-refractivity contribution is 5.95. The lowest BCUT2D eigenvalue weighted by molar-refractivity contribution is -0.144. The van der Waals surface area contributed by atoms with Crippen LogP contribution in [-0.2, 0) is 41.6 Å². The summed E-state index contributed by atoms with van der Waals surface area (Å²) in [6.07, 6.45) is 1.90. The Morgan fingerprint density at radius 2 is 1.55 bits per heavy atom. The third-order valence-corrected chi connectivity index (χ3v) is 7.74. The summed E-state index contributed by atoms with van der Waals surface area (Å²) in [6.45, 7) is 7.52. The molecule has 5 N–H and O–H groups in total. The van der Waals surface area contributed by atoms with E-state index in [1.165, 1.54) is 13.4 Å². The number of benzene rings is 2. The summed E-state index contributed by atoms with van der Waals surface area (Å²) in [5.41, 5.74) is 1.37. The lowest BCUT2D eigenvalue weighted by Gasteiger charge is -2.28. The number of imidazole rings is 1. The van der Waals surface area contributed by atoms with Crippen LogP contribution < -0.4 is 16.0 Å². The number of amides is 4. The molecule has 12 nitrogen and oxygen atoms in total. The molecule has 4 atom stereocenters. The van der Waals surface area contributed by atoms with Crippen molar-refractivity contribution in [3.8, 4) is 0 Å². The molecule has 0 saturated carbocycles. The first-order chi connectivity index (χ1) is 22.4. The topological polar surface area (TPSA) is 180 Å². The van der Waals surface area contributed by atoms with Crippen molar-refractivity contribution in [3.05, 3.63) is 66.2 Å². The smallest absolute Gasteiger partial charge is 0.306 e. The Labute approximate surface area is 275 Å². The van der Waals surface area contributed by atoms with Crippen molar-refractivity contribution in [2.24, 2.45) is 17.8 Å². The molecule has 0 bridgehead atoms. The fraction of sp³-hybridized carbons (Fsp3) is 0.486. The normalized spacial score (nSPS) is 13.9. The highest BCUT2D eigenvalue weighted by Gasteiger charge is 2.32. The predicted molar refractivity (Wildman–Crippen MR) is 177 cm³/mol. The quantitative estimate of drug-likeness (QED) is 0.139. The Hall–Kier alpha value is -4.58. The number of aliphatic hydroxyl groups excluding tert-OH is 1. The molecule has 4 amide bonds. The number of aromatic amines is 1. The maximum absolute atomic E-state index is 13.8. The average molecular weight is 650 g/mol. The summed E-state index contributed by atoms with van der Waals surface area (Å²) >= 11 is 0. The van der Waals surface area contributed by atoms with Crippen LogP contribution in [0, 0.1) is 17.8 Å². The number of hydrogen-bond acceptors (Lipinski definition) is 8. The van der Waals surface area contributed by atoms with Gasteiger partial charge in [0.05, 0.1) is 50.0 Å². The number of methoxy groups -OCH3 is 1. The molecule has 0 fully saturated rings. The number of aliphatic hydroxyl groups is 1. The Morgan fingerprint density at radius 1 is 0.851 bits per heavy atom. The Kier molecular flexibility index (Phi) is 14.1. The zero-order valence-electron chi connectivity index (χ0n) is 27.7.